The van der Waals surface area contributed by atoms with Crippen LogP contribution in [0.5, 0.6) is 0 Å². The van der Waals surface area contributed by atoms with Gasteiger partial charge in [0.15, 0.2) is 0 Å². The van der Waals surface area contributed by atoms with E-state index in [0.717, 1.165) is 18.5 Å². The van der Waals surface area contributed by atoms with Crippen molar-refractivity contribution in [2.24, 2.45) is 11.7 Å². The first-order valence-corrected chi connectivity index (χ1v) is 6.63. The number of unbranched alkanes of at least 4 members (excludes halogenated alkanes) is 1. The highest BCUT2D eigenvalue weighted by atomic mass is 15.2. The molecule has 0 radical (unpaired) electrons. The number of likely N-dealkylation sites (tertiary alicyclic amines) is 1. The van der Waals surface area contributed by atoms with Gasteiger partial charge in [0.1, 0.15) is 0 Å². The largest absolute Gasteiger partial charge is 0.327 e. The fourth-order valence-electron chi connectivity index (χ4n) is 2.59. The number of piperidine rings is 1. The fraction of sp³-hybridized carbons (Fsp3) is 1.00. The second kappa shape index (κ2) is 6.49. The minimum atomic E-state index is 0.390. The quantitative estimate of drug-likeness (QED) is 0.759. The molecule has 0 aromatic rings. The maximum absolute atomic E-state index is 6.15. The molecular weight excluding hydrogens is 184 g/mol. The number of rotatable bonds is 5. The van der Waals surface area contributed by atoms with E-state index in [9.17, 15) is 0 Å². The van der Waals surface area contributed by atoms with Gasteiger partial charge in [-0.15, -0.1) is 0 Å². The Morgan fingerprint density at radius 3 is 2.73 bits per heavy atom. The van der Waals surface area contributed by atoms with Crippen molar-refractivity contribution in [3.63, 3.8) is 0 Å². The molecule has 1 rings (SSSR count). The number of hydrogen-bond donors (Lipinski definition) is 1. The van der Waals surface area contributed by atoms with Crippen LogP contribution >= 0.6 is 0 Å². The van der Waals surface area contributed by atoms with Crippen molar-refractivity contribution in [2.75, 3.05) is 13.1 Å². The Bertz CT molecular complexity index is 170. The molecule has 1 fully saturated rings. The number of hydrogen-bond acceptors (Lipinski definition) is 2. The third-order valence-electron chi connectivity index (χ3n) is 3.67. The lowest BCUT2D eigenvalue weighted by molar-refractivity contribution is 0.120. The topological polar surface area (TPSA) is 29.3 Å². The van der Waals surface area contributed by atoms with Crippen LogP contribution in [-0.4, -0.2) is 30.1 Å². The number of nitrogens with zero attached hydrogens (tertiary/aromatic N) is 1. The normalized spacial score (nSPS) is 30.4. The molecular formula is C13H28N2. The molecule has 90 valence electrons. The molecule has 1 saturated heterocycles. The van der Waals surface area contributed by atoms with Gasteiger partial charge in [0, 0.05) is 18.6 Å². The minimum absolute atomic E-state index is 0.390. The van der Waals surface area contributed by atoms with Crippen LogP contribution in [0.15, 0.2) is 0 Å². The van der Waals surface area contributed by atoms with Crippen molar-refractivity contribution in [1.29, 1.82) is 0 Å². The first kappa shape index (κ1) is 13.0. The molecule has 15 heavy (non-hydrogen) atoms. The van der Waals surface area contributed by atoms with Gasteiger partial charge in [-0.2, -0.15) is 0 Å². The van der Waals surface area contributed by atoms with Crippen LogP contribution in [0.3, 0.4) is 0 Å². The Morgan fingerprint density at radius 2 is 2.13 bits per heavy atom. The van der Waals surface area contributed by atoms with Crippen molar-refractivity contribution in [3.05, 3.63) is 0 Å². The van der Waals surface area contributed by atoms with E-state index in [1.807, 2.05) is 0 Å². The van der Waals surface area contributed by atoms with E-state index in [-0.39, 0.29) is 0 Å². The molecule has 0 amide bonds. The summed E-state index contributed by atoms with van der Waals surface area (Å²) in [5, 5.41) is 0. The molecule has 0 aromatic carbocycles. The standard InChI is InChI=1S/C13H28N2/c1-4-5-6-13(14)10-15-8-7-11(2)9-12(15)3/h11-13H,4-10,14H2,1-3H3. The maximum Gasteiger partial charge on any atom is 0.0167 e. The van der Waals surface area contributed by atoms with Crippen molar-refractivity contribution in [1.82, 2.24) is 4.90 Å². The molecule has 3 unspecified atom stereocenters. The summed E-state index contributed by atoms with van der Waals surface area (Å²) in [4.78, 5) is 2.58. The molecule has 0 bridgehead atoms. The smallest absolute Gasteiger partial charge is 0.0167 e. The lowest BCUT2D eigenvalue weighted by Gasteiger charge is -2.37. The molecule has 2 N–H and O–H groups in total. The van der Waals surface area contributed by atoms with Crippen LogP contribution in [0.1, 0.15) is 52.9 Å². The fourth-order valence-corrected chi connectivity index (χ4v) is 2.59. The van der Waals surface area contributed by atoms with Gasteiger partial charge in [-0.3, -0.25) is 4.90 Å². The Labute approximate surface area is 95.2 Å². The van der Waals surface area contributed by atoms with E-state index in [4.69, 9.17) is 5.73 Å². The summed E-state index contributed by atoms with van der Waals surface area (Å²) in [6.45, 7) is 9.31. The highest BCUT2D eigenvalue weighted by molar-refractivity contribution is 4.79. The average molecular weight is 212 g/mol. The lowest BCUT2D eigenvalue weighted by atomic mass is 9.93. The average Bonchev–Trinajstić information content (AvgIpc) is 2.19. The third-order valence-corrected chi connectivity index (χ3v) is 3.67. The molecule has 1 heterocycles. The third kappa shape index (κ3) is 4.52. The zero-order valence-electron chi connectivity index (χ0n) is 10.7. The van der Waals surface area contributed by atoms with Crippen molar-refractivity contribution in [3.8, 4) is 0 Å². The van der Waals surface area contributed by atoms with E-state index in [1.54, 1.807) is 0 Å². The van der Waals surface area contributed by atoms with Gasteiger partial charge in [0.2, 0.25) is 0 Å². The van der Waals surface area contributed by atoms with Crippen molar-refractivity contribution in [2.45, 2.75) is 65.0 Å². The number of nitrogens with two attached hydrogens (primary N) is 1. The molecule has 1 aliphatic heterocycles. The maximum atomic E-state index is 6.15. The monoisotopic (exact) mass is 212 g/mol. The van der Waals surface area contributed by atoms with E-state index in [0.29, 0.717) is 6.04 Å². The van der Waals surface area contributed by atoms with Gasteiger partial charge in [-0.1, -0.05) is 26.7 Å². The summed E-state index contributed by atoms with van der Waals surface area (Å²) >= 11 is 0. The highest BCUT2D eigenvalue weighted by Gasteiger charge is 2.23. The molecule has 2 nitrogen and oxygen atoms in total. The minimum Gasteiger partial charge on any atom is -0.327 e. The Kier molecular flexibility index (Phi) is 5.62. The van der Waals surface area contributed by atoms with Gasteiger partial charge >= 0.3 is 0 Å². The summed E-state index contributed by atoms with van der Waals surface area (Å²) in [6, 6.07) is 1.13. The Balaban J connectivity index is 2.25. The van der Waals surface area contributed by atoms with E-state index < -0.39 is 0 Å². The molecule has 0 aliphatic carbocycles. The first-order valence-electron chi connectivity index (χ1n) is 6.63. The van der Waals surface area contributed by atoms with Crippen LogP contribution in [0.2, 0.25) is 0 Å². The predicted molar refractivity (Wildman–Crippen MR) is 66.9 cm³/mol. The van der Waals surface area contributed by atoms with Gasteiger partial charge < -0.3 is 5.73 Å². The zero-order valence-corrected chi connectivity index (χ0v) is 10.7. The summed E-state index contributed by atoms with van der Waals surface area (Å²) in [5.74, 6) is 0.906. The summed E-state index contributed by atoms with van der Waals surface area (Å²) in [6.07, 6.45) is 6.43. The zero-order chi connectivity index (χ0) is 11.3. The first-order chi connectivity index (χ1) is 7.13. The molecule has 0 saturated carbocycles. The van der Waals surface area contributed by atoms with Gasteiger partial charge in [-0.25, -0.2) is 0 Å². The summed E-state index contributed by atoms with van der Waals surface area (Å²) in [7, 11) is 0. The summed E-state index contributed by atoms with van der Waals surface area (Å²) < 4.78 is 0. The van der Waals surface area contributed by atoms with Crippen LogP contribution in [0.4, 0.5) is 0 Å². The molecule has 1 aliphatic rings. The van der Waals surface area contributed by atoms with Gasteiger partial charge in [0.05, 0.1) is 0 Å². The molecule has 2 heteroatoms. The van der Waals surface area contributed by atoms with E-state index in [1.165, 1.54) is 38.6 Å². The Morgan fingerprint density at radius 1 is 1.40 bits per heavy atom. The predicted octanol–water partition coefficient (Wildman–Crippen LogP) is 2.62. The van der Waals surface area contributed by atoms with Crippen LogP contribution in [0.25, 0.3) is 0 Å². The second-order valence-corrected chi connectivity index (χ2v) is 5.38. The van der Waals surface area contributed by atoms with Crippen LogP contribution < -0.4 is 5.73 Å². The van der Waals surface area contributed by atoms with Gasteiger partial charge in [0.25, 0.3) is 0 Å². The van der Waals surface area contributed by atoms with Crippen molar-refractivity contribution >= 4 is 0 Å². The SMILES string of the molecule is CCCCC(N)CN1CCC(C)CC1C. The van der Waals surface area contributed by atoms with E-state index >= 15 is 0 Å². The second-order valence-electron chi connectivity index (χ2n) is 5.38. The Hall–Kier alpha value is -0.0800. The van der Waals surface area contributed by atoms with Crippen LogP contribution in [-0.2, 0) is 0 Å². The lowest BCUT2D eigenvalue weighted by Crippen LogP contribution is -2.46. The van der Waals surface area contributed by atoms with Gasteiger partial charge in [-0.05, 0) is 38.6 Å². The summed E-state index contributed by atoms with van der Waals surface area (Å²) in [5.41, 5.74) is 6.15. The molecule has 0 aromatic heterocycles. The molecule has 0 spiro atoms. The van der Waals surface area contributed by atoms with Crippen molar-refractivity contribution < 1.29 is 0 Å². The highest BCUT2D eigenvalue weighted by Crippen LogP contribution is 2.22. The molecule has 3 atom stereocenters. The van der Waals surface area contributed by atoms with Crippen LogP contribution in [0, 0.1) is 5.92 Å². The van der Waals surface area contributed by atoms with E-state index in [2.05, 4.69) is 25.7 Å².